The van der Waals surface area contributed by atoms with Crippen molar-refractivity contribution in [1.82, 2.24) is 14.5 Å². The van der Waals surface area contributed by atoms with Gasteiger partial charge in [0.05, 0.1) is 16.8 Å². The number of hydrogen-bond acceptors (Lipinski definition) is 4. The van der Waals surface area contributed by atoms with E-state index in [0.29, 0.717) is 13.1 Å². The van der Waals surface area contributed by atoms with Crippen LogP contribution in [0, 0.1) is 5.92 Å². The third-order valence-electron chi connectivity index (χ3n) is 4.86. The van der Waals surface area contributed by atoms with Gasteiger partial charge < -0.3 is 14.6 Å². The average Bonchev–Trinajstić information content (AvgIpc) is 2.93. The Bertz CT molecular complexity index is 715. The molecule has 1 aliphatic heterocycles. The SMILES string of the molecule is CSCc1nc2ccccc2n1CC(=O)N1CC(CO)CCC1C. The lowest BCUT2D eigenvalue weighted by molar-refractivity contribution is -0.136. The van der Waals surface area contributed by atoms with Crippen molar-refractivity contribution in [2.45, 2.75) is 38.1 Å². The van der Waals surface area contributed by atoms with E-state index in [4.69, 9.17) is 0 Å². The molecule has 1 amide bonds. The van der Waals surface area contributed by atoms with Crippen molar-refractivity contribution in [2.24, 2.45) is 5.92 Å². The number of aliphatic hydroxyl groups is 1. The summed E-state index contributed by atoms with van der Waals surface area (Å²) in [7, 11) is 0. The predicted molar refractivity (Wildman–Crippen MR) is 97.9 cm³/mol. The van der Waals surface area contributed by atoms with Gasteiger partial charge >= 0.3 is 0 Å². The maximum Gasteiger partial charge on any atom is 0.242 e. The zero-order valence-corrected chi connectivity index (χ0v) is 15.1. The van der Waals surface area contributed by atoms with Gasteiger partial charge in [0.15, 0.2) is 0 Å². The van der Waals surface area contributed by atoms with Crippen molar-refractivity contribution in [3.05, 3.63) is 30.1 Å². The highest BCUT2D eigenvalue weighted by molar-refractivity contribution is 7.97. The van der Waals surface area contributed by atoms with E-state index in [1.807, 2.05) is 40.0 Å². The number of para-hydroxylation sites is 2. The molecule has 1 aromatic heterocycles. The van der Waals surface area contributed by atoms with Crippen LogP contribution in [0.1, 0.15) is 25.6 Å². The topological polar surface area (TPSA) is 58.4 Å². The highest BCUT2D eigenvalue weighted by Gasteiger charge is 2.29. The van der Waals surface area contributed by atoms with Crippen molar-refractivity contribution < 1.29 is 9.90 Å². The highest BCUT2D eigenvalue weighted by Crippen LogP contribution is 2.24. The number of carbonyl (C=O) groups excluding carboxylic acids is 1. The molecule has 0 saturated carbocycles. The first-order chi connectivity index (χ1) is 11.6. The van der Waals surface area contributed by atoms with Gasteiger partial charge in [0.1, 0.15) is 12.4 Å². The molecule has 3 rings (SSSR count). The van der Waals surface area contributed by atoms with Gasteiger partial charge in [-0.15, -0.1) is 0 Å². The lowest BCUT2D eigenvalue weighted by atomic mass is 9.94. The maximum atomic E-state index is 12.9. The molecule has 2 aromatic rings. The van der Waals surface area contributed by atoms with Crippen LogP contribution in [0.3, 0.4) is 0 Å². The number of rotatable bonds is 5. The second-order valence-electron chi connectivity index (χ2n) is 6.56. The summed E-state index contributed by atoms with van der Waals surface area (Å²) in [5, 5.41) is 9.43. The lowest BCUT2D eigenvalue weighted by Crippen LogP contribution is -2.47. The molecule has 6 heteroatoms. The van der Waals surface area contributed by atoms with E-state index >= 15 is 0 Å². The van der Waals surface area contributed by atoms with Crippen LogP contribution in [-0.4, -0.2) is 50.9 Å². The Morgan fingerprint density at radius 1 is 1.38 bits per heavy atom. The van der Waals surface area contributed by atoms with E-state index in [1.165, 1.54) is 0 Å². The van der Waals surface area contributed by atoms with Crippen LogP contribution in [0.25, 0.3) is 11.0 Å². The molecule has 130 valence electrons. The first-order valence-electron chi connectivity index (χ1n) is 8.47. The summed E-state index contributed by atoms with van der Waals surface area (Å²) in [4.78, 5) is 19.5. The summed E-state index contributed by atoms with van der Waals surface area (Å²) >= 11 is 1.71. The number of imidazole rings is 1. The minimum atomic E-state index is 0.117. The van der Waals surface area contributed by atoms with Crippen LogP contribution >= 0.6 is 11.8 Å². The van der Waals surface area contributed by atoms with Crippen LogP contribution in [0.15, 0.2) is 24.3 Å². The van der Waals surface area contributed by atoms with Gasteiger partial charge in [-0.3, -0.25) is 4.79 Å². The fraction of sp³-hybridized carbons (Fsp3) is 0.556. The zero-order valence-electron chi connectivity index (χ0n) is 14.3. The Morgan fingerprint density at radius 3 is 2.92 bits per heavy atom. The third-order valence-corrected chi connectivity index (χ3v) is 5.41. The Morgan fingerprint density at radius 2 is 2.17 bits per heavy atom. The van der Waals surface area contributed by atoms with Crippen molar-refractivity contribution in [2.75, 3.05) is 19.4 Å². The van der Waals surface area contributed by atoms with Crippen LogP contribution < -0.4 is 0 Å². The standard InChI is InChI=1S/C18H25N3O2S/c1-13-7-8-14(11-22)9-20(13)18(23)10-21-16-6-4-3-5-15(16)19-17(21)12-24-2/h3-6,13-14,22H,7-12H2,1-2H3. The first kappa shape index (κ1) is 17.3. The summed E-state index contributed by atoms with van der Waals surface area (Å²) < 4.78 is 2.05. The summed E-state index contributed by atoms with van der Waals surface area (Å²) in [6.45, 7) is 3.22. The van der Waals surface area contributed by atoms with Crippen LogP contribution in [0.4, 0.5) is 0 Å². The first-order valence-corrected chi connectivity index (χ1v) is 9.86. The Labute approximate surface area is 147 Å². The molecule has 24 heavy (non-hydrogen) atoms. The summed E-state index contributed by atoms with van der Waals surface area (Å²) in [6, 6.07) is 8.21. The zero-order chi connectivity index (χ0) is 17.1. The van der Waals surface area contributed by atoms with E-state index < -0.39 is 0 Å². The van der Waals surface area contributed by atoms with Crippen LogP contribution in [0.5, 0.6) is 0 Å². The number of nitrogens with zero attached hydrogens (tertiary/aromatic N) is 3. The van der Waals surface area contributed by atoms with Gasteiger partial charge in [0, 0.05) is 19.2 Å². The number of hydrogen-bond donors (Lipinski definition) is 1. The molecule has 2 atom stereocenters. The molecule has 0 radical (unpaired) electrons. The molecule has 1 N–H and O–H groups in total. The van der Waals surface area contributed by atoms with E-state index in [0.717, 1.165) is 35.5 Å². The summed E-state index contributed by atoms with van der Waals surface area (Å²) in [5.74, 6) is 2.05. The Balaban J connectivity index is 1.85. The van der Waals surface area contributed by atoms with Crippen LogP contribution in [-0.2, 0) is 17.1 Å². The number of likely N-dealkylation sites (tertiary alicyclic amines) is 1. The van der Waals surface area contributed by atoms with Crippen LogP contribution in [0.2, 0.25) is 0 Å². The third kappa shape index (κ3) is 3.44. The highest BCUT2D eigenvalue weighted by atomic mass is 32.2. The van der Waals surface area contributed by atoms with Crippen molar-refractivity contribution in [3.63, 3.8) is 0 Å². The molecule has 1 aromatic carbocycles. The normalized spacial score (nSPS) is 21.4. The van der Waals surface area contributed by atoms with Gasteiger partial charge in [-0.25, -0.2) is 4.98 Å². The molecule has 1 aliphatic rings. The van der Waals surface area contributed by atoms with Gasteiger partial charge in [-0.05, 0) is 44.1 Å². The predicted octanol–water partition coefficient (Wildman–Crippen LogP) is 2.52. The Kier molecular flexibility index (Phi) is 5.46. The molecule has 1 saturated heterocycles. The molecular weight excluding hydrogens is 322 g/mol. The quantitative estimate of drug-likeness (QED) is 0.903. The number of aliphatic hydroxyl groups excluding tert-OH is 1. The lowest BCUT2D eigenvalue weighted by Gasteiger charge is -2.37. The van der Waals surface area contributed by atoms with E-state index in [1.54, 1.807) is 11.8 Å². The van der Waals surface area contributed by atoms with Gasteiger partial charge in [-0.2, -0.15) is 11.8 Å². The van der Waals surface area contributed by atoms with E-state index in [2.05, 4.69) is 11.9 Å². The molecule has 0 bridgehead atoms. The minimum absolute atomic E-state index is 0.117. The molecule has 5 nitrogen and oxygen atoms in total. The maximum absolute atomic E-state index is 12.9. The fourth-order valence-corrected chi connectivity index (χ4v) is 3.92. The Hall–Kier alpha value is -1.53. The number of aromatic nitrogens is 2. The average molecular weight is 347 g/mol. The van der Waals surface area contributed by atoms with Crippen molar-refractivity contribution >= 4 is 28.7 Å². The van der Waals surface area contributed by atoms with Gasteiger partial charge in [-0.1, -0.05) is 12.1 Å². The molecule has 0 spiro atoms. The number of benzene rings is 1. The monoisotopic (exact) mass is 347 g/mol. The molecule has 0 aliphatic carbocycles. The fourth-order valence-electron chi connectivity index (χ4n) is 3.45. The molecule has 1 fully saturated rings. The number of thioether (sulfide) groups is 1. The number of amides is 1. The van der Waals surface area contributed by atoms with E-state index in [9.17, 15) is 9.90 Å². The molecule has 2 heterocycles. The number of fused-ring (bicyclic) bond motifs is 1. The summed E-state index contributed by atoms with van der Waals surface area (Å²) in [5.41, 5.74) is 1.95. The number of carbonyl (C=O) groups is 1. The van der Waals surface area contributed by atoms with E-state index in [-0.39, 0.29) is 24.5 Å². The van der Waals surface area contributed by atoms with Crippen molar-refractivity contribution in [3.8, 4) is 0 Å². The van der Waals surface area contributed by atoms with Gasteiger partial charge in [0.2, 0.25) is 5.91 Å². The smallest absolute Gasteiger partial charge is 0.242 e. The van der Waals surface area contributed by atoms with Crippen molar-refractivity contribution in [1.29, 1.82) is 0 Å². The second kappa shape index (κ2) is 7.57. The molecular formula is C18H25N3O2S. The second-order valence-corrected chi connectivity index (χ2v) is 7.42. The largest absolute Gasteiger partial charge is 0.396 e. The van der Waals surface area contributed by atoms with Gasteiger partial charge in [0.25, 0.3) is 0 Å². The number of piperidine rings is 1. The summed E-state index contributed by atoms with van der Waals surface area (Å²) in [6.07, 6.45) is 4.00. The molecule has 2 unspecified atom stereocenters. The minimum Gasteiger partial charge on any atom is -0.396 e.